The highest BCUT2D eigenvalue weighted by Crippen LogP contribution is 2.10. The second-order valence-electron chi connectivity index (χ2n) is 4.37. The molecule has 0 aliphatic rings. The summed E-state index contributed by atoms with van der Waals surface area (Å²) in [5.74, 6) is 0.351. The maximum Gasteiger partial charge on any atom is 0.329 e. The molecule has 0 saturated carbocycles. The quantitative estimate of drug-likeness (QED) is 0.689. The fourth-order valence-corrected chi connectivity index (χ4v) is 1.92. The normalized spacial score (nSPS) is 11.0. The van der Waals surface area contributed by atoms with Gasteiger partial charge in [-0.1, -0.05) is 23.7 Å². The van der Waals surface area contributed by atoms with E-state index in [1.165, 1.54) is 18.1 Å². The summed E-state index contributed by atoms with van der Waals surface area (Å²) in [5.41, 5.74) is -0.0359. The Bertz CT molecular complexity index is 748. The molecule has 2 aromatic rings. The Morgan fingerprint density at radius 2 is 2.14 bits per heavy atom. The molecule has 1 aromatic heterocycles. The first-order valence-corrected chi connectivity index (χ1v) is 6.76. The van der Waals surface area contributed by atoms with Crippen LogP contribution in [-0.2, 0) is 7.05 Å². The SMILES string of the molecule is CCN(/N=C/c1cccc(Cl)c1)c1cc(=O)n(C)c(=O)[nH]1. The molecule has 0 spiro atoms. The predicted molar refractivity (Wildman–Crippen MR) is 84.4 cm³/mol. The van der Waals surface area contributed by atoms with Gasteiger partial charge in [0.2, 0.25) is 0 Å². The number of aromatic nitrogens is 2. The molecule has 0 fully saturated rings. The fraction of sp³-hybridized carbons (Fsp3) is 0.214. The standard InChI is InChI=1S/C14H15ClN4O2/c1-3-19(12-8-13(20)18(2)14(21)17-12)16-9-10-5-4-6-11(15)7-10/h4-9H,3H2,1-2H3,(H,17,21)/b16-9+. The lowest BCUT2D eigenvalue weighted by Crippen LogP contribution is -2.34. The second-order valence-corrected chi connectivity index (χ2v) is 4.81. The first-order chi connectivity index (χ1) is 10.0. The average Bonchev–Trinajstić information content (AvgIpc) is 2.45. The van der Waals surface area contributed by atoms with Crippen molar-refractivity contribution in [2.24, 2.45) is 12.1 Å². The molecular weight excluding hydrogens is 292 g/mol. The van der Waals surface area contributed by atoms with E-state index in [1.807, 2.05) is 19.1 Å². The molecule has 0 saturated heterocycles. The summed E-state index contributed by atoms with van der Waals surface area (Å²) in [4.78, 5) is 25.9. The highest BCUT2D eigenvalue weighted by atomic mass is 35.5. The molecular formula is C14H15ClN4O2. The van der Waals surface area contributed by atoms with Crippen molar-refractivity contribution in [1.29, 1.82) is 0 Å². The van der Waals surface area contributed by atoms with Gasteiger partial charge >= 0.3 is 5.69 Å². The minimum absolute atomic E-state index is 0.351. The maximum atomic E-state index is 11.6. The molecule has 0 unspecified atom stereocenters. The number of H-pyrrole nitrogens is 1. The molecule has 7 heteroatoms. The smallest absolute Gasteiger partial charge is 0.292 e. The predicted octanol–water partition coefficient (Wildman–Crippen LogP) is 1.59. The number of hydrazone groups is 1. The first-order valence-electron chi connectivity index (χ1n) is 6.38. The minimum Gasteiger partial charge on any atom is -0.292 e. The monoisotopic (exact) mass is 306 g/mol. The third-order valence-electron chi connectivity index (χ3n) is 2.90. The number of aromatic amines is 1. The van der Waals surface area contributed by atoms with E-state index in [9.17, 15) is 9.59 Å². The van der Waals surface area contributed by atoms with Crippen molar-refractivity contribution in [2.75, 3.05) is 11.6 Å². The van der Waals surface area contributed by atoms with E-state index in [1.54, 1.807) is 18.3 Å². The number of nitrogens with one attached hydrogen (secondary N) is 1. The van der Waals surface area contributed by atoms with Crippen LogP contribution in [-0.4, -0.2) is 22.3 Å². The van der Waals surface area contributed by atoms with E-state index in [-0.39, 0.29) is 5.56 Å². The molecule has 2 rings (SSSR count). The number of hydrogen-bond acceptors (Lipinski definition) is 4. The van der Waals surface area contributed by atoms with Crippen molar-refractivity contribution in [3.8, 4) is 0 Å². The Morgan fingerprint density at radius 3 is 2.76 bits per heavy atom. The van der Waals surface area contributed by atoms with E-state index in [2.05, 4.69) is 10.1 Å². The van der Waals surface area contributed by atoms with Gasteiger partial charge in [0.05, 0.1) is 6.21 Å². The van der Waals surface area contributed by atoms with Gasteiger partial charge in [-0.25, -0.2) is 9.80 Å². The molecule has 1 aromatic carbocycles. The summed E-state index contributed by atoms with van der Waals surface area (Å²) in [5, 5.41) is 6.41. The molecule has 0 amide bonds. The molecule has 0 radical (unpaired) electrons. The molecule has 0 aliphatic carbocycles. The fourth-order valence-electron chi connectivity index (χ4n) is 1.72. The van der Waals surface area contributed by atoms with Gasteiger partial charge in [0.1, 0.15) is 5.82 Å². The number of halogens is 1. The Labute approximate surface area is 126 Å². The molecule has 21 heavy (non-hydrogen) atoms. The van der Waals surface area contributed by atoms with Gasteiger partial charge in [0.25, 0.3) is 5.56 Å². The third-order valence-corrected chi connectivity index (χ3v) is 3.14. The van der Waals surface area contributed by atoms with Crippen LogP contribution in [0.1, 0.15) is 12.5 Å². The van der Waals surface area contributed by atoms with Gasteiger partial charge in [-0.3, -0.25) is 14.3 Å². The Kier molecular flexibility index (Phi) is 4.59. The van der Waals surface area contributed by atoms with Gasteiger partial charge in [0.15, 0.2) is 0 Å². The Hall–Kier alpha value is -2.34. The van der Waals surface area contributed by atoms with Crippen molar-refractivity contribution < 1.29 is 0 Å². The zero-order valence-electron chi connectivity index (χ0n) is 11.7. The largest absolute Gasteiger partial charge is 0.329 e. The zero-order valence-corrected chi connectivity index (χ0v) is 12.5. The molecule has 1 heterocycles. The van der Waals surface area contributed by atoms with Gasteiger partial charge in [0, 0.05) is 24.7 Å². The van der Waals surface area contributed by atoms with Gasteiger partial charge in [-0.05, 0) is 24.6 Å². The number of hydrogen-bond donors (Lipinski definition) is 1. The van der Waals surface area contributed by atoms with E-state index in [0.29, 0.717) is 17.4 Å². The Morgan fingerprint density at radius 1 is 1.38 bits per heavy atom. The molecule has 1 N–H and O–H groups in total. The summed E-state index contributed by atoms with van der Waals surface area (Å²) in [6.45, 7) is 2.37. The van der Waals surface area contributed by atoms with E-state index < -0.39 is 5.69 Å². The molecule has 0 aliphatic heterocycles. The van der Waals surface area contributed by atoms with Crippen LogP contribution in [0.4, 0.5) is 5.82 Å². The van der Waals surface area contributed by atoms with Crippen molar-refractivity contribution in [2.45, 2.75) is 6.92 Å². The van der Waals surface area contributed by atoms with E-state index in [4.69, 9.17) is 11.6 Å². The van der Waals surface area contributed by atoms with Gasteiger partial charge in [-0.15, -0.1) is 0 Å². The number of rotatable bonds is 4. The van der Waals surface area contributed by atoms with Crippen molar-refractivity contribution in [3.63, 3.8) is 0 Å². The van der Waals surface area contributed by atoms with Crippen molar-refractivity contribution >= 4 is 23.6 Å². The maximum absolute atomic E-state index is 11.6. The zero-order chi connectivity index (χ0) is 15.4. The van der Waals surface area contributed by atoms with Crippen molar-refractivity contribution in [1.82, 2.24) is 9.55 Å². The average molecular weight is 307 g/mol. The van der Waals surface area contributed by atoms with Crippen LogP contribution in [0.3, 0.4) is 0 Å². The summed E-state index contributed by atoms with van der Waals surface area (Å²) < 4.78 is 0.998. The van der Waals surface area contributed by atoms with Crippen LogP contribution < -0.4 is 16.3 Å². The highest BCUT2D eigenvalue weighted by Gasteiger charge is 2.06. The van der Waals surface area contributed by atoms with Gasteiger partial charge in [-0.2, -0.15) is 5.10 Å². The number of benzene rings is 1. The summed E-state index contributed by atoms with van der Waals surface area (Å²) in [6, 6.07) is 8.55. The summed E-state index contributed by atoms with van der Waals surface area (Å²) in [7, 11) is 1.41. The van der Waals surface area contributed by atoms with Crippen LogP contribution in [0.5, 0.6) is 0 Å². The first kappa shape index (κ1) is 15.1. The van der Waals surface area contributed by atoms with Gasteiger partial charge < -0.3 is 0 Å². The molecule has 0 bridgehead atoms. The second kappa shape index (κ2) is 6.41. The number of anilines is 1. The lowest BCUT2D eigenvalue weighted by atomic mass is 10.2. The van der Waals surface area contributed by atoms with E-state index >= 15 is 0 Å². The lowest BCUT2D eigenvalue weighted by molar-refractivity contribution is 0.756. The minimum atomic E-state index is -0.478. The van der Waals surface area contributed by atoms with Crippen LogP contribution in [0, 0.1) is 0 Å². The summed E-state index contributed by atoms with van der Waals surface area (Å²) in [6.07, 6.45) is 1.62. The van der Waals surface area contributed by atoms with E-state index in [0.717, 1.165) is 10.1 Å². The van der Waals surface area contributed by atoms with Crippen LogP contribution in [0.2, 0.25) is 5.02 Å². The molecule has 110 valence electrons. The molecule has 0 atom stereocenters. The van der Waals surface area contributed by atoms with Crippen molar-refractivity contribution in [3.05, 3.63) is 61.8 Å². The van der Waals surface area contributed by atoms with Crippen LogP contribution in [0.25, 0.3) is 0 Å². The third kappa shape index (κ3) is 3.61. The topological polar surface area (TPSA) is 70.5 Å². The Balaban J connectivity index is 2.32. The highest BCUT2D eigenvalue weighted by molar-refractivity contribution is 6.30. The molecule has 6 nitrogen and oxygen atoms in total. The summed E-state index contributed by atoms with van der Waals surface area (Å²) >= 11 is 5.90. The van der Waals surface area contributed by atoms with Crippen LogP contribution >= 0.6 is 11.6 Å². The number of nitrogens with zero attached hydrogens (tertiary/aromatic N) is 3. The van der Waals surface area contributed by atoms with Crippen LogP contribution in [0.15, 0.2) is 45.0 Å². The lowest BCUT2D eigenvalue weighted by Gasteiger charge is -2.16.